The minimum atomic E-state index is -0.588. The van der Waals surface area contributed by atoms with E-state index in [1.54, 1.807) is 6.07 Å². The van der Waals surface area contributed by atoms with Crippen molar-refractivity contribution in [2.75, 3.05) is 62.6 Å². The van der Waals surface area contributed by atoms with E-state index in [9.17, 15) is 14.4 Å². The fraction of sp³-hybridized carbons (Fsp3) is 0.345. The van der Waals surface area contributed by atoms with Crippen molar-refractivity contribution in [3.8, 4) is 0 Å². The Hall–Kier alpha value is -3.89. The summed E-state index contributed by atoms with van der Waals surface area (Å²) in [5, 5.41) is 8.11. The van der Waals surface area contributed by atoms with Gasteiger partial charge in [-0.3, -0.25) is 14.9 Å². The molecule has 9 nitrogen and oxygen atoms in total. The second-order valence-electron chi connectivity index (χ2n) is 9.57. The van der Waals surface area contributed by atoms with Crippen molar-refractivity contribution in [3.63, 3.8) is 0 Å². The van der Waals surface area contributed by atoms with Crippen LogP contribution >= 0.6 is 11.3 Å². The zero-order valence-electron chi connectivity index (χ0n) is 21.8. The third-order valence-electron chi connectivity index (χ3n) is 6.96. The summed E-state index contributed by atoms with van der Waals surface area (Å²) < 4.78 is 5.47. The minimum absolute atomic E-state index is 0.0420. The standard InChI is InChI=1S/C29H33N5O4S/c35-27(33-13-5-11-30-12-14-33)23-9-10-25(24(20-23)31-29(37)38-21-22-6-2-1-3-7-22)32-15-17-34(18-16-32)28(36)26-8-4-19-39-26/h1-4,6-10,19-20,30H,5,11-18,21H2,(H,31,37). The largest absolute Gasteiger partial charge is 0.444 e. The van der Waals surface area contributed by atoms with Crippen LogP contribution in [0, 0.1) is 0 Å². The minimum Gasteiger partial charge on any atom is -0.444 e. The van der Waals surface area contributed by atoms with E-state index in [-0.39, 0.29) is 18.4 Å². The van der Waals surface area contributed by atoms with Gasteiger partial charge in [-0.2, -0.15) is 0 Å². The monoisotopic (exact) mass is 547 g/mol. The molecule has 5 rings (SSSR count). The van der Waals surface area contributed by atoms with Gasteiger partial charge in [-0.1, -0.05) is 36.4 Å². The summed E-state index contributed by atoms with van der Waals surface area (Å²) in [7, 11) is 0. The molecule has 2 saturated heterocycles. The van der Waals surface area contributed by atoms with Crippen LogP contribution < -0.4 is 15.5 Å². The third-order valence-corrected chi connectivity index (χ3v) is 7.82. The smallest absolute Gasteiger partial charge is 0.412 e. The fourth-order valence-electron chi connectivity index (χ4n) is 4.85. The number of piperazine rings is 1. The lowest BCUT2D eigenvalue weighted by Gasteiger charge is -2.37. The summed E-state index contributed by atoms with van der Waals surface area (Å²) in [6, 6.07) is 18.7. The number of carbonyl (C=O) groups excluding carboxylic acids is 3. The van der Waals surface area contributed by atoms with E-state index < -0.39 is 6.09 Å². The first-order valence-electron chi connectivity index (χ1n) is 13.3. The van der Waals surface area contributed by atoms with E-state index in [2.05, 4.69) is 15.5 Å². The molecule has 0 radical (unpaired) electrons. The summed E-state index contributed by atoms with van der Waals surface area (Å²) in [6.45, 7) is 5.47. The van der Waals surface area contributed by atoms with Crippen molar-refractivity contribution < 1.29 is 19.1 Å². The highest BCUT2D eigenvalue weighted by Crippen LogP contribution is 2.30. The van der Waals surface area contributed by atoms with Crippen LogP contribution in [0.3, 0.4) is 0 Å². The first-order chi connectivity index (χ1) is 19.1. The van der Waals surface area contributed by atoms with Crippen molar-refractivity contribution >= 4 is 40.6 Å². The Labute approximate surface area is 232 Å². The van der Waals surface area contributed by atoms with Crippen LogP contribution in [0.15, 0.2) is 66.0 Å². The molecule has 39 heavy (non-hydrogen) atoms. The maximum absolute atomic E-state index is 13.3. The van der Waals surface area contributed by atoms with Crippen LogP contribution in [0.4, 0.5) is 16.2 Å². The Balaban J connectivity index is 1.32. The van der Waals surface area contributed by atoms with Crippen molar-refractivity contribution in [2.24, 2.45) is 0 Å². The number of rotatable bonds is 6. The second kappa shape index (κ2) is 12.8. The molecule has 2 aromatic carbocycles. The van der Waals surface area contributed by atoms with Gasteiger partial charge < -0.3 is 24.8 Å². The van der Waals surface area contributed by atoms with Gasteiger partial charge in [0.1, 0.15) is 6.61 Å². The molecule has 3 heterocycles. The number of nitrogens with one attached hydrogen (secondary N) is 2. The highest BCUT2D eigenvalue weighted by Gasteiger charge is 2.26. The van der Waals surface area contributed by atoms with Gasteiger partial charge in [-0.15, -0.1) is 11.3 Å². The van der Waals surface area contributed by atoms with E-state index in [0.29, 0.717) is 50.5 Å². The Morgan fingerprint density at radius 2 is 1.64 bits per heavy atom. The fourth-order valence-corrected chi connectivity index (χ4v) is 5.54. The van der Waals surface area contributed by atoms with Crippen LogP contribution in [-0.4, -0.2) is 80.1 Å². The van der Waals surface area contributed by atoms with Crippen molar-refractivity contribution in [2.45, 2.75) is 13.0 Å². The highest BCUT2D eigenvalue weighted by molar-refractivity contribution is 7.12. The molecule has 0 saturated carbocycles. The summed E-state index contributed by atoms with van der Waals surface area (Å²) in [5.74, 6) is -0.0160. The predicted octanol–water partition coefficient (Wildman–Crippen LogP) is 3.89. The summed E-state index contributed by atoms with van der Waals surface area (Å²) in [4.78, 5) is 45.5. The van der Waals surface area contributed by atoms with Crippen LogP contribution in [0.2, 0.25) is 0 Å². The van der Waals surface area contributed by atoms with Gasteiger partial charge in [0, 0.05) is 51.4 Å². The molecule has 2 N–H and O–H groups in total. The molecule has 10 heteroatoms. The molecule has 3 aromatic rings. The molecule has 0 aliphatic carbocycles. The van der Waals surface area contributed by atoms with E-state index in [1.807, 2.05) is 69.8 Å². The van der Waals surface area contributed by atoms with Crippen molar-refractivity contribution in [3.05, 3.63) is 82.0 Å². The molecule has 2 aliphatic rings. The summed E-state index contributed by atoms with van der Waals surface area (Å²) in [5.41, 5.74) is 2.72. The molecular weight excluding hydrogens is 514 g/mol. The molecule has 1 aromatic heterocycles. The van der Waals surface area contributed by atoms with Gasteiger partial charge >= 0.3 is 6.09 Å². The van der Waals surface area contributed by atoms with E-state index >= 15 is 0 Å². The van der Waals surface area contributed by atoms with Gasteiger partial charge in [0.05, 0.1) is 16.3 Å². The molecule has 3 amide bonds. The Morgan fingerprint density at radius 3 is 2.41 bits per heavy atom. The molecule has 0 spiro atoms. The van der Waals surface area contributed by atoms with Crippen molar-refractivity contribution in [1.29, 1.82) is 0 Å². The van der Waals surface area contributed by atoms with E-state index in [0.717, 1.165) is 35.6 Å². The normalized spacial score (nSPS) is 15.9. The first-order valence-corrected chi connectivity index (χ1v) is 14.2. The predicted molar refractivity (Wildman–Crippen MR) is 153 cm³/mol. The lowest BCUT2D eigenvalue weighted by molar-refractivity contribution is 0.0748. The van der Waals surface area contributed by atoms with Crippen LogP contribution in [0.25, 0.3) is 0 Å². The summed E-state index contributed by atoms with van der Waals surface area (Å²) in [6.07, 6.45) is 0.310. The maximum atomic E-state index is 13.3. The first kappa shape index (κ1) is 26.7. The van der Waals surface area contributed by atoms with Crippen LogP contribution in [0.5, 0.6) is 0 Å². The zero-order valence-corrected chi connectivity index (χ0v) is 22.6. The Kier molecular flexibility index (Phi) is 8.75. The van der Waals surface area contributed by atoms with Crippen molar-refractivity contribution in [1.82, 2.24) is 15.1 Å². The van der Waals surface area contributed by atoms with Gasteiger partial charge in [0.25, 0.3) is 11.8 Å². The molecule has 2 fully saturated rings. The number of nitrogens with zero attached hydrogens (tertiary/aromatic N) is 3. The number of hydrogen-bond donors (Lipinski definition) is 2. The zero-order chi connectivity index (χ0) is 27.0. The topological polar surface area (TPSA) is 94.2 Å². The molecule has 0 bridgehead atoms. The molecular formula is C29H33N5O4S. The second-order valence-corrected chi connectivity index (χ2v) is 10.5. The average Bonchev–Trinajstić information content (AvgIpc) is 3.38. The number of benzene rings is 2. The number of hydrogen-bond acceptors (Lipinski definition) is 7. The van der Waals surface area contributed by atoms with Crippen LogP contribution in [0.1, 0.15) is 32.0 Å². The summed E-state index contributed by atoms with van der Waals surface area (Å²) >= 11 is 1.45. The quantitative estimate of drug-likeness (QED) is 0.486. The SMILES string of the molecule is O=C(Nc1cc(C(=O)N2CCCNCC2)ccc1N1CCN(C(=O)c2cccs2)CC1)OCc1ccccc1. The van der Waals surface area contributed by atoms with E-state index in [1.165, 1.54) is 11.3 Å². The van der Waals surface area contributed by atoms with Crippen LogP contribution in [-0.2, 0) is 11.3 Å². The Bertz CT molecular complexity index is 1270. The number of carbonyl (C=O) groups is 3. The van der Waals surface area contributed by atoms with Gasteiger partial charge in [-0.25, -0.2) is 4.79 Å². The highest BCUT2D eigenvalue weighted by atomic mass is 32.1. The van der Waals surface area contributed by atoms with E-state index in [4.69, 9.17) is 4.74 Å². The average molecular weight is 548 g/mol. The van der Waals surface area contributed by atoms with Gasteiger partial charge in [0.15, 0.2) is 0 Å². The Morgan fingerprint density at radius 1 is 0.846 bits per heavy atom. The number of ether oxygens (including phenoxy) is 1. The van der Waals surface area contributed by atoms with Gasteiger partial charge in [0.2, 0.25) is 0 Å². The number of amides is 3. The number of anilines is 2. The molecule has 204 valence electrons. The molecule has 0 unspecified atom stereocenters. The lowest BCUT2D eigenvalue weighted by Crippen LogP contribution is -2.48. The number of thiophene rings is 1. The lowest BCUT2D eigenvalue weighted by atomic mass is 10.1. The molecule has 2 aliphatic heterocycles. The third kappa shape index (κ3) is 6.76. The maximum Gasteiger partial charge on any atom is 0.412 e. The van der Waals surface area contributed by atoms with Gasteiger partial charge in [-0.05, 0) is 48.2 Å². The molecule has 0 atom stereocenters.